The van der Waals surface area contributed by atoms with Crippen molar-refractivity contribution in [1.82, 2.24) is 0 Å². The summed E-state index contributed by atoms with van der Waals surface area (Å²) in [5, 5.41) is 2.53. The van der Waals surface area contributed by atoms with Crippen LogP contribution in [-0.4, -0.2) is 0 Å². The molecule has 27 heavy (non-hydrogen) atoms. The Balaban J connectivity index is 0.00000210. The van der Waals surface area contributed by atoms with Crippen molar-refractivity contribution in [3.8, 4) is 5.69 Å². The van der Waals surface area contributed by atoms with Gasteiger partial charge in [-0.3, -0.25) is 0 Å². The Bertz CT molecular complexity index is 1070. The number of aryl methyl sites for hydroxylation is 3. The predicted octanol–water partition coefficient (Wildman–Crippen LogP) is 3.20. The maximum Gasteiger partial charge on any atom is 0.251 e. The molecule has 1 nitrogen and oxygen atoms in total. The number of pyridine rings is 1. The number of halogens is 1. The largest absolute Gasteiger partial charge is 1.00 e. The third-order valence-electron chi connectivity index (χ3n) is 4.56. The van der Waals surface area contributed by atoms with Crippen molar-refractivity contribution < 1.29 is 17.0 Å². The summed E-state index contributed by atoms with van der Waals surface area (Å²) < 4.78 is 2.37. The highest BCUT2D eigenvalue weighted by Crippen LogP contribution is 2.30. The number of fused-ring (bicyclic) bond motifs is 1. The molecule has 0 unspecified atom stereocenters. The summed E-state index contributed by atoms with van der Waals surface area (Å²) in [6, 6.07) is 28.3. The highest BCUT2D eigenvalue weighted by molar-refractivity contribution is 7.99. The minimum absolute atomic E-state index is 0. The van der Waals surface area contributed by atoms with Gasteiger partial charge in [0, 0.05) is 34.5 Å². The zero-order chi connectivity index (χ0) is 18.1. The first-order valence-electron chi connectivity index (χ1n) is 8.88. The average Bonchev–Trinajstić information content (AvgIpc) is 2.62. The molecule has 4 rings (SSSR count). The average molecular weight is 392 g/mol. The molecule has 1 aromatic heterocycles. The van der Waals surface area contributed by atoms with Crippen molar-refractivity contribution in [2.45, 2.75) is 30.7 Å². The smallest absolute Gasteiger partial charge is 0.251 e. The first-order chi connectivity index (χ1) is 12.6. The van der Waals surface area contributed by atoms with E-state index in [-0.39, 0.29) is 12.4 Å². The van der Waals surface area contributed by atoms with Crippen LogP contribution in [0.2, 0.25) is 0 Å². The molecule has 0 aliphatic carbocycles. The number of aromatic nitrogens is 1. The van der Waals surface area contributed by atoms with E-state index in [1.165, 1.54) is 43.2 Å². The first-order valence-corrected chi connectivity index (χ1v) is 9.69. The lowest BCUT2D eigenvalue weighted by Crippen LogP contribution is -3.00. The summed E-state index contributed by atoms with van der Waals surface area (Å²) in [4.78, 5) is 1.28. The van der Waals surface area contributed by atoms with Gasteiger partial charge >= 0.3 is 0 Å². The van der Waals surface area contributed by atoms with E-state index in [0.29, 0.717) is 0 Å². The molecule has 1 heterocycles. The standard InChI is InChI=1S/C24H22NS.ClH/c1-17-13-18(2)15-21(14-17)26-24-16-19(3)22-11-7-8-12-23(22)25(24)20-9-5-4-6-10-20;/h4-16H,1-3H3;1H/q+1;/p-1. The van der Waals surface area contributed by atoms with E-state index in [0.717, 1.165) is 0 Å². The predicted molar refractivity (Wildman–Crippen MR) is 110 cm³/mol. The normalized spacial score (nSPS) is 10.6. The minimum Gasteiger partial charge on any atom is -1.00 e. The van der Waals surface area contributed by atoms with E-state index in [1.807, 2.05) is 11.8 Å². The van der Waals surface area contributed by atoms with E-state index in [2.05, 4.69) is 104 Å². The second-order valence-corrected chi connectivity index (χ2v) is 7.87. The van der Waals surface area contributed by atoms with Crippen molar-refractivity contribution in [2.75, 3.05) is 0 Å². The van der Waals surface area contributed by atoms with E-state index in [4.69, 9.17) is 0 Å². The van der Waals surface area contributed by atoms with Crippen LogP contribution in [0.4, 0.5) is 0 Å². The Morgan fingerprint density at radius 2 is 1.33 bits per heavy atom. The second kappa shape index (κ2) is 8.16. The Hall–Kier alpha value is -2.29. The maximum atomic E-state index is 2.37. The van der Waals surface area contributed by atoms with E-state index < -0.39 is 0 Å². The van der Waals surface area contributed by atoms with Gasteiger partial charge in [-0.05, 0) is 67.4 Å². The summed E-state index contributed by atoms with van der Waals surface area (Å²) in [6.07, 6.45) is 0. The van der Waals surface area contributed by atoms with Gasteiger partial charge in [0.05, 0.1) is 0 Å². The van der Waals surface area contributed by atoms with Gasteiger partial charge in [-0.1, -0.05) is 36.4 Å². The number of hydrogen-bond acceptors (Lipinski definition) is 1. The van der Waals surface area contributed by atoms with Crippen LogP contribution in [0, 0.1) is 20.8 Å². The molecule has 0 N–H and O–H groups in total. The van der Waals surface area contributed by atoms with Crippen molar-refractivity contribution in [2.24, 2.45) is 0 Å². The highest BCUT2D eigenvalue weighted by Gasteiger charge is 2.21. The van der Waals surface area contributed by atoms with Gasteiger partial charge in [0.1, 0.15) is 0 Å². The van der Waals surface area contributed by atoms with Gasteiger partial charge in [0.2, 0.25) is 11.2 Å². The third kappa shape index (κ3) is 4.02. The molecular weight excluding hydrogens is 370 g/mol. The molecule has 0 radical (unpaired) electrons. The zero-order valence-electron chi connectivity index (χ0n) is 15.7. The lowest BCUT2D eigenvalue weighted by Gasteiger charge is -2.10. The van der Waals surface area contributed by atoms with Crippen LogP contribution in [0.5, 0.6) is 0 Å². The molecule has 0 aliphatic rings. The quantitative estimate of drug-likeness (QED) is 0.485. The number of benzene rings is 3. The third-order valence-corrected chi connectivity index (χ3v) is 5.54. The lowest BCUT2D eigenvalue weighted by molar-refractivity contribution is -0.608. The van der Waals surface area contributed by atoms with Crippen LogP contribution in [0.15, 0.2) is 88.8 Å². The molecule has 0 saturated carbocycles. The number of hydrogen-bond donors (Lipinski definition) is 0. The van der Waals surface area contributed by atoms with Crippen LogP contribution < -0.4 is 17.0 Å². The summed E-state index contributed by atoms with van der Waals surface area (Å²) in [7, 11) is 0. The Labute approximate surface area is 171 Å². The topological polar surface area (TPSA) is 3.88 Å². The molecule has 4 aromatic rings. The SMILES string of the molecule is Cc1cc(C)cc(Sc2cc(C)c3ccccc3[n+]2-c2ccccc2)c1.[Cl-]. The fraction of sp³-hybridized carbons (Fsp3) is 0.125. The molecule has 0 saturated heterocycles. The molecule has 3 heteroatoms. The Morgan fingerprint density at radius 3 is 2.04 bits per heavy atom. The fourth-order valence-electron chi connectivity index (χ4n) is 3.48. The van der Waals surface area contributed by atoms with Crippen LogP contribution in [0.25, 0.3) is 16.6 Å². The zero-order valence-corrected chi connectivity index (χ0v) is 17.3. The van der Waals surface area contributed by atoms with Crippen LogP contribution in [0.3, 0.4) is 0 Å². The Kier molecular flexibility index (Phi) is 5.88. The minimum atomic E-state index is 0. The van der Waals surface area contributed by atoms with Gasteiger partial charge in [-0.15, -0.1) is 4.57 Å². The van der Waals surface area contributed by atoms with Crippen molar-refractivity contribution >= 4 is 22.7 Å². The van der Waals surface area contributed by atoms with Gasteiger partial charge in [0.25, 0.3) is 5.03 Å². The van der Waals surface area contributed by atoms with Gasteiger partial charge < -0.3 is 12.4 Å². The van der Waals surface area contributed by atoms with E-state index >= 15 is 0 Å². The Morgan fingerprint density at radius 1 is 0.704 bits per heavy atom. The molecule has 0 atom stereocenters. The summed E-state index contributed by atoms with van der Waals surface area (Å²) in [6.45, 7) is 6.52. The maximum absolute atomic E-state index is 2.37. The summed E-state index contributed by atoms with van der Waals surface area (Å²) >= 11 is 1.83. The molecule has 0 fully saturated rings. The molecule has 0 aliphatic heterocycles. The molecule has 0 amide bonds. The number of rotatable bonds is 3. The monoisotopic (exact) mass is 391 g/mol. The molecule has 0 spiro atoms. The lowest BCUT2D eigenvalue weighted by atomic mass is 10.1. The van der Waals surface area contributed by atoms with Crippen LogP contribution >= 0.6 is 11.8 Å². The molecule has 0 bridgehead atoms. The van der Waals surface area contributed by atoms with E-state index in [9.17, 15) is 0 Å². The fourth-order valence-corrected chi connectivity index (χ4v) is 4.74. The van der Waals surface area contributed by atoms with Gasteiger partial charge in [0.15, 0.2) is 0 Å². The molecule has 3 aromatic carbocycles. The van der Waals surface area contributed by atoms with Gasteiger partial charge in [-0.25, -0.2) is 0 Å². The van der Waals surface area contributed by atoms with Crippen molar-refractivity contribution in [3.63, 3.8) is 0 Å². The van der Waals surface area contributed by atoms with Crippen molar-refractivity contribution in [1.29, 1.82) is 0 Å². The van der Waals surface area contributed by atoms with Crippen LogP contribution in [0.1, 0.15) is 16.7 Å². The summed E-state index contributed by atoms with van der Waals surface area (Å²) in [5.41, 5.74) is 6.34. The van der Waals surface area contributed by atoms with Crippen LogP contribution in [-0.2, 0) is 0 Å². The van der Waals surface area contributed by atoms with E-state index in [1.54, 1.807) is 0 Å². The summed E-state index contributed by atoms with van der Waals surface area (Å²) in [5.74, 6) is 0. The van der Waals surface area contributed by atoms with Crippen molar-refractivity contribution in [3.05, 3.63) is 95.6 Å². The number of nitrogens with zero attached hydrogens (tertiary/aromatic N) is 1. The molecular formula is C24H22ClNS. The molecule has 136 valence electrons. The van der Waals surface area contributed by atoms with Gasteiger partial charge in [-0.2, -0.15) is 0 Å². The number of para-hydroxylation sites is 2. The first kappa shape index (κ1) is 19.5. The second-order valence-electron chi connectivity index (χ2n) is 6.78. The highest BCUT2D eigenvalue weighted by atomic mass is 35.5.